The zero-order valence-corrected chi connectivity index (χ0v) is 9.71. The first kappa shape index (κ1) is 11.8. The number of nitrogens with zero attached hydrogens (tertiary/aromatic N) is 2. The van der Waals surface area contributed by atoms with Gasteiger partial charge in [0.25, 0.3) is 0 Å². The van der Waals surface area contributed by atoms with E-state index < -0.39 is 5.97 Å². The van der Waals surface area contributed by atoms with Crippen LogP contribution in [-0.4, -0.2) is 21.0 Å². The number of carbonyl (C=O) groups is 1. The van der Waals surface area contributed by atoms with E-state index in [2.05, 4.69) is 15.3 Å². The molecule has 0 aliphatic rings. The molecule has 0 bridgehead atoms. The maximum atomic E-state index is 10.8. The zero-order valence-electron chi connectivity index (χ0n) is 9.71. The molecule has 0 aromatic carbocycles. The quantitative estimate of drug-likeness (QED) is 0.761. The summed E-state index contributed by atoms with van der Waals surface area (Å²) >= 11 is 0. The minimum absolute atomic E-state index is 0.0564. The minimum atomic E-state index is -1.06. The van der Waals surface area contributed by atoms with Crippen LogP contribution < -0.4 is 11.1 Å². The average molecular weight is 244 g/mol. The standard InChI is InChI=1S/C12H12N4O2/c1-7-2-3-14-6-10(7)16-11-9(13)4-8(5-15-11)12(17)18/h2-6H,13H2,1H3,(H,15,16)(H,17,18). The third-order valence-corrected chi connectivity index (χ3v) is 2.46. The highest BCUT2D eigenvalue weighted by molar-refractivity contribution is 5.89. The van der Waals surface area contributed by atoms with Crippen molar-refractivity contribution in [1.82, 2.24) is 9.97 Å². The molecule has 6 heteroatoms. The van der Waals surface area contributed by atoms with Crippen molar-refractivity contribution < 1.29 is 9.90 Å². The van der Waals surface area contributed by atoms with Crippen molar-refractivity contribution >= 4 is 23.2 Å². The van der Waals surface area contributed by atoms with E-state index >= 15 is 0 Å². The fourth-order valence-corrected chi connectivity index (χ4v) is 1.43. The number of nitrogen functional groups attached to an aromatic ring is 1. The van der Waals surface area contributed by atoms with Gasteiger partial charge >= 0.3 is 5.97 Å². The Hall–Kier alpha value is -2.63. The summed E-state index contributed by atoms with van der Waals surface area (Å²) in [4.78, 5) is 18.7. The summed E-state index contributed by atoms with van der Waals surface area (Å²) in [5.41, 5.74) is 7.85. The third kappa shape index (κ3) is 2.37. The molecule has 0 amide bonds. The molecular formula is C12H12N4O2. The number of pyridine rings is 2. The molecule has 0 radical (unpaired) electrons. The molecule has 0 aliphatic heterocycles. The van der Waals surface area contributed by atoms with E-state index in [0.29, 0.717) is 5.82 Å². The lowest BCUT2D eigenvalue weighted by molar-refractivity contribution is 0.0696. The average Bonchev–Trinajstić information content (AvgIpc) is 2.34. The molecule has 92 valence electrons. The van der Waals surface area contributed by atoms with Crippen LogP contribution in [0.2, 0.25) is 0 Å². The van der Waals surface area contributed by atoms with Crippen LogP contribution in [0.15, 0.2) is 30.7 Å². The van der Waals surface area contributed by atoms with Gasteiger partial charge in [0.15, 0.2) is 5.82 Å². The number of hydrogen-bond donors (Lipinski definition) is 3. The van der Waals surface area contributed by atoms with Gasteiger partial charge in [0.1, 0.15) is 0 Å². The Morgan fingerprint density at radius 3 is 2.83 bits per heavy atom. The molecule has 0 atom stereocenters. The first-order valence-corrected chi connectivity index (χ1v) is 5.24. The number of anilines is 3. The summed E-state index contributed by atoms with van der Waals surface area (Å²) < 4.78 is 0. The lowest BCUT2D eigenvalue weighted by Gasteiger charge is -2.10. The molecule has 0 unspecified atom stereocenters. The molecule has 0 aliphatic carbocycles. The zero-order chi connectivity index (χ0) is 13.1. The van der Waals surface area contributed by atoms with Crippen LogP contribution in [0.5, 0.6) is 0 Å². The largest absolute Gasteiger partial charge is 0.478 e. The van der Waals surface area contributed by atoms with Gasteiger partial charge in [-0.15, -0.1) is 0 Å². The Bertz CT molecular complexity index is 598. The SMILES string of the molecule is Cc1ccncc1Nc1ncc(C(=O)O)cc1N. The fourth-order valence-electron chi connectivity index (χ4n) is 1.43. The van der Waals surface area contributed by atoms with Gasteiger partial charge in [-0.25, -0.2) is 9.78 Å². The van der Waals surface area contributed by atoms with Crippen molar-refractivity contribution in [3.8, 4) is 0 Å². The summed E-state index contributed by atoms with van der Waals surface area (Å²) in [5.74, 6) is -0.644. The van der Waals surface area contributed by atoms with Crippen LogP contribution in [0, 0.1) is 6.92 Å². The normalized spacial score (nSPS) is 10.1. The molecule has 6 nitrogen and oxygen atoms in total. The van der Waals surface area contributed by atoms with E-state index in [0.717, 1.165) is 11.3 Å². The van der Waals surface area contributed by atoms with Crippen LogP contribution in [-0.2, 0) is 0 Å². The Labute approximate surface area is 104 Å². The molecule has 2 rings (SSSR count). The lowest BCUT2D eigenvalue weighted by Crippen LogP contribution is -2.04. The summed E-state index contributed by atoms with van der Waals surface area (Å²) in [6.45, 7) is 1.92. The van der Waals surface area contributed by atoms with Crippen LogP contribution in [0.25, 0.3) is 0 Å². The molecule has 2 aromatic rings. The minimum Gasteiger partial charge on any atom is -0.478 e. The molecule has 0 spiro atoms. The van der Waals surface area contributed by atoms with Gasteiger partial charge in [-0.2, -0.15) is 0 Å². The number of aromatic carboxylic acids is 1. The van der Waals surface area contributed by atoms with Gasteiger partial charge in [0.05, 0.1) is 23.1 Å². The second-order valence-corrected chi connectivity index (χ2v) is 3.78. The number of aromatic nitrogens is 2. The van der Waals surface area contributed by atoms with Crippen LogP contribution in [0.4, 0.5) is 17.2 Å². The van der Waals surface area contributed by atoms with E-state index in [4.69, 9.17) is 10.8 Å². The second-order valence-electron chi connectivity index (χ2n) is 3.78. The van der Waals surface area contributed by atoms with Crippen molar-refractivity contribution in [3.63, 3.8) is 0 Å². The maximum Gasteiger partial charge on any atom is 0.337 e. The van der Waals surface area contributed by atoms with Crippen molar-refractivity contribution in [2.45, 2.75) is 6.92 Å². The fraction of sp³-hybridized carbons (Fsp3) is 0.0833. The monoisotopic (exact) mass is 244 g/mol. The number of rotatable bonds is 3. The van der Waals surface area contributed by atoms with E-state index in [-0.39, 0.29) is 11.3 Å². The van der Waals surface area contributed by atoms with Crippen LogP contribution in [0.1, 0.15) is 15.9 Å². The molecular weight excluding hydrogens is 232 g/mol. The highest BCUT2D eigenvalue weighted by Gasteiger charge is 2.08. The number of nitrogens with two attached hydrogens (primary N) is 1. The van der Waals surface area contributed by atoms with Gasteiger partial charge in [-0.05, 0) is 24.6 Å². The van der Waals surface area contributed by atoms with E-state index in [1.807, 2.05) is 13.0 Å². The lowest BCUT2D eigenvalue weighted by atomic mass is 10.2. The van der Waals surface area contributed by atoms with E-state index in [9.17, 15) is 4.79 Å². The maximum absolute atomic E-state index is 10.8. The van der Waals surface area contributed by atoms with Gasteiger partial charge in [-0.3, -0.25) is 4.98 Å². The topological polar surface area (TPSA) is 101 Å². The first-order valence-electron chi connectivity index (χ1n) is 5.24. The number of hydrogen-bond acceptors (Lipinski definition) is 5. The van der Waals surface area contributed by atoms with Crippen molar-refractivity contribution in [3.05, 3.63) is 41.9 Å². The predicted molar refractivity (Wildman–Crippen MR) is 67.9 cm³/mol. The Kier molecular flexibility index (Phi) is 3.09. The molecule has 2 heterocycles. The van der Waals surface area contributed by atoms with Gasteiger partial charge in [-0.1, -0.05) is 0 Å². The molecule has 0 fully saturated rings. The molecule has 0 saturated heterocycles. The highest BCUT2D eigenvalue weighted by atomic mass is 16.4. The summed E-state index contributed by atoms with van der Waals surface area (Å²) in [5, 5.41) is 11.8. The first-order chi connectivity index (χ1) is 8.58. The van der Waals surface area contributed by atoms with Crippen LogP contribution >= 0.6 is 0 Å². The predicted octanol–water partition coefficient (Wildman–Crippen LogP) is 1.81. The number of carboxylic acids is 1. The van der Waals surface area contributed by atoms with Crippen molar-refractivity contribution in [1.29, 1.82) is 0 Å². The van der Waals surface area contributed by atoms with Crippen LogP contribution in [0.3, 0.4) is 0 Å². The second kappa shape index (κ2) is 4.70. The van der Waals surface area contributed by atoms with Crippen molar-refractivity contribution in [2.75, 3.05) is 11.1 Å². The summed E-state index contributed by atoms with van der Waals surface area (Å²) in [6, 6.07) is 3.22. The third-order valence-electron chi connectivity index (χ3n) is 2.46. The summed E-state index contributed by atoms with van der Waals surface area (Å²) in [6.07, 6.45) is 4.60. The number of carboxylic acid groups (broad SMARTS) is 1. The number of aryl methyl sites for hydroxylation is 1. The molecule has 0 saturated carbocycles. The molecule has 4 N–H and O–H groups in total. The van der Waals surface area contributed by atoms with Gasteiger partial charge in [0.2, 0.25) is 0 Å². The van der Waals surface area contributed by atoms with Gasteiger partial charge in [0, 0.05) is 12.4 Å². The smallest absolute Gasteiger partial charge is 0.337 e. The van der Waals surface area contributed by atoms with E-state index in [1.165, 1.54) is 12.3 Å². The number of nitrogens with one attached hydrogen (secondary N) is 1. The highest BCUT2D eigenvalue weighted by Crippen LogP contribution is 2.22. The Balaban J connectivity index is 2.30. The molecule has 18 heavy (non-hydrogen) atoms. The summed E-state index contributed by atoms with van der Waals surface area (Å²) in [7, 11) is 0. The molecule has 2 aromatic heterocycles. The van der Waals surface area contributed by atoms with E-state index in [1.54, 1.807) is 12.4 Å². The Morgan fingerprint density at radius 1 is 1.44 bits per heavy atom. The van der Waals surface area contributed by atoms with Gasteiger partial charge < -0.3 is 16.2 Å². The Morgan fingerprint density at radius 2 is 2.22 bits per heavy atom. The van der Waals surface area contributed by atoms with Crippen molar-refractivity contribution in [2.24, 2.45) is 0 Å².